The van der Waals surface area contributed by atoms with Crippen LogP contribution in [0.3, 0.4) is 0 Å². The predicted octanol–water partition coefficient (Wildman–Crippen LogP) is 4.11. The number of rotatable bonds is 5. The van der Waals surface area contributed by atoms with E-state index in [1.807, 2.05) is 31.2 Å². The molecule has 3 rings (SSSR count). The first kappa shape index (κ1) is 17.2. The maximum atomic E-state index is 12.3. The van der Waals surface area contributed by atoms with E-state index in [-0.39, 0.29) is 10.1 Å². The molecular formula is C18H16N2O3S2. The molecule has 1 heterocycles. The number of carbonyl (C=O) groups is 1. The molecule has 2 aromatic carbocycles. The molecule has 0 unspecified atom stereocenters. The van der Waals surface area contributed by atoms with E-state index in [9.17, 15) is 13.2 Å². The highest BCUT2D eigenvalue weighted by molar-refractivity contribution is 7.94. The van der Waals surface area contributed by atoms with Crippen LogP contribution in [-0.2, 0) is 10.0 Å². The van der Waals surface area contributed by atoms with Crippen molar-refractivity contribution >= 4 is 38.6 Å². The van der Waals surface area contributed by atoms with Crippen molar-refractivity contribution in [3.8, 4) is 0 Å². The molecule has 0 fully saturated rings. The second-order valence-corrected chi connectivity index (χ2v) is 8.30. The molecule has 1 aromatic heterocycles. The van der Waals surface area contributed by atoms with Gasteiger partial charge in [-0.25, -0.2) is 8.42 Å². The van der Waals surface area contributed by atoms with Crippen molar-refractivity contribution in [3.63, 3.8) is 0 Å². The van der Waals surface area contributed by atoms with Gasteiger partial charge in [0.2, 0.25) is 0 Å². The highest BCUT2D eigenvalue weighted by atomic mass is 32.2. The number of hydrogen-bond donors (Lipinski definition) is 2. The Bertz CT molecular complexity index is 979. The Hall–Kier alpha value is -2.64. The third-order valence-corrected chi connectivity index (χ3v) is 6.21. The molecule has 2 N–H and O–H groups in total. The quantitative estimate of drug-likeness (QED) is 0.708. The minimum atomic E-state index is -3.59. The lowest BCUT2D eigenvalue weighted by Gasteiger charge is -2.08. The van der Waals surface area contributed by atoms with Crippen molar-refractivity contribution in [2.24, 2.45) is 0 Å². The minimum absolute atomic E-state index is 0.244. The summed E-state index contributed by atoms with van der Waals surface area (Å²) in [6.07, 6.45) is 0. The Kier molecular flexibility index (Phi) is 4.87. The lowest BCUT2D eigenvalue weighted by atomic mass is 10.2. The number of thiophene rings is 1. The van der Waals surface area contributed by atoms with Crippen LogP contribution >= 0.6 is 11.3 Å². The molecule has 0 aliphatic carbocycles. The van der Waals surface area contributed by atoms with Crippen molar-refractivity contribution in [2.75, 3.05) is 10.0 Å². The molecule has 128 valence electrons. The van der Waals surface area contributed by atoms with Crippen LogP contribution in [0.5, 0.6) is 0 Å². The van der Waals surface area contributed by atoms with Crippen LogP contribution in [0.2, 0.25) is 0 Å². The van der Waals surface area contributed by atoms with Crippen LogP contribution in [0.15, 0.2) is 70.3 Å². The average molecular weight is 372 g/mol. The van der Waals surface area contributed by atoms with Gasteiger partial charge >= 0.3 is 0 Å². The van der Waals surface area contributed by atoms with Gasteiger partial charge in [0.25, 0.3) is 15.9 Å². The first-order valence-corrected chi connectivity index (χ1v) is 9.85. The molecule has 0 radical (unpaired) electrons. The van der Waals surface area contributed by atoms with E-state index in [1.165, 1.54) is 6.07 Å². The van der Waals surface area contributed by atoms with Crippen molar-refractivity contribution in [3.05, 3.63) is 77.2 Å². The van der Waals surface area contributed by atoms with Gasteiger partial charge in [0, 0.05) is 16.9 Å². The van der Waals surface area contributed by atoms with Gasteiger partial charge < -0.3 is 5.32 Å². The smallest absolute Gasteiger partial charge is 0.271 e. The molecular weight excluding hydrogens is 356 g/mol. The van der Waals surface area contributed by atoms with Crippen LogP contribution in [0, 0.1) is 6.92 Å². The normalized spacial score (nSPS) is 11.1. The Balaban J connectivity index is 1.71. The molecule has 0 bridgehead atoms. The van der Waals surface area contributed by atoms with Gasteiger partial charge in [-0.15, -0.1) is 11.3 Å². The summed E-state index contributed by atoms with van der Waals surface area (Å²) in [5.41, 5.74) is 2.62. The fourth-order valence-corrected chi connectivity index (χ4v) is 4.29. The average Bonchev–Trinajstić information content (AvgIpc) is 3.10. The van der Waals surface area contributed by atoms with E-state index in [1.54, 1.807) is 35.7 Å². The lowest BCUT2D eigenvalue weighted by molar-refractivity contribution is 0.102. The van der Waals surface area contributed by atoms with E-state index >= 15 is 0 Å². The molecule has 1 amide bonds. The predicted molar refractivity (Wildman–Crippen MR) is 101 cm³/mol. The first-order valence-electron chi connectivity index (χ1n) is 7.48. The summed E-state index contributed by atoms with van der Waals surface area (Å²) in [5, 5.41) is 4.51. The molecule has 0 aliphatic heterocycles. The number of benzene rings is 2. The summed E-state index contributed by atoms with van der Waals surface area (Å²) in [6, 6.07) is 17.0. The summed E-state index contributed by atoms with van der Waals surface area (Å²) in [5.74, 6) is -0.252. The number of sulfonamides is 1. The van der Waals surface area contributed by atoms with E-state index < -0.39 is 10.0 Å². The van der Waals surface area contributed by atoms with Crippen molar-refractivity contribution in [1.82, 2.24) is 0 Å². The van der Waals surface area contributed by atoms with Gasteiger partial charge in [-0.3, -0.25) is 9.52 Å². The van der Waals surface area contributed by atoms with Gasteiger partial charge in [-0.1, -0.05) is 18.2 Å². The van der Waals surface area contributed by atoms with Crippen LogP contribution in [0.4, 0.5) is 11.4 Å². The molecule has 25 heavy (non-hydrogen) atoms. The summed E-state index contributed by atoms with van der Waals surface area (Å²) >= 11 is 1.14. The van der Waals surface area contributed by atoms with E-state index in [0.29, 0.717) is 16.9 Å². The van der Waals surface area contributed by atoms with Gasteiger partial charge in [-0.2, -0.15) is 0 Å². The third kappa shape index (κ3) is 4.26. The molecule has 0 saturated heterocycles. The zero-order valence-corrected chi connectivity index (χ0v) is 15.0. The van der Waals surface area contributed by atoms with E-state index in [0.717, 1.165) is 16.9 Å². The summed E-state index contributed by atoms with van der Waals surface area (Å²) < 4.78 is 27.1. The SMILES string of the molecule is Cc1cccc(NC(=O)c2ccc(NS(=O)(=O)c3cccs3)cc2)c1. The maximum Gasteiger partial charge on any atom is 0.271 e. The monoisotopic (exact) mass is 372 g/mol. The first-order chi connectivity index (χ1) is 11.9. The fraction of sp³-hybridized carbons (Fsp3) is 0.0556. The van der Waals surface area contributed by atoms with Gasteiger partial charge in [0.05, 0.1) is 0 Å². The van der Waals surface area contributed by atoms with Gasteiger partial charge in [-0.05, 0) is 60.3 Å². The highest BCUT2D eigenvalue weighted by Crippen LogP contribution is 2.20. The number of aryl methyl sites for hydroxylation is 1. The zero-order valence-electron chi connectivity index (χ0n) is 13.4. The fourth-order valence-electron chi connectivity index (χ4n) is 2.24. The Morgan fingerprint density at radius 3 is 2.36 bits per heavy atom. The van der Waals surface area contributed by atoms with Crippen LogP contribution in [-0.4, -0.2) is 14.3 Å². The molecule has 7 heteroatoms. The lowest BCUT2D eigenvalue weighted by Crippen LogP contribution is -2.13. The van der Waals surface area contributed by atoms with Crippen molar-refractivity contribution in [1.29, 1.82) is 0 Å². The molecule has 3 aromatic rings. The summed E-state index contributed by atoms with van der Waals surface area (Å²) in [6.45, 7) is 1.95. The van der Waals surface area contributed by atoms with E-state index in [2.05, 4.69) is 10.0 Å². The molecule has 0 aliphatic rings. The number of nitrogens with one attached hydrogen (secondary N) is 2. The second kappa shape index (κ2) is 7.08. The highest BCUT2D eigenvalue weighted by Gasteiger charge is 2.15. The maximum absolute atomic E-state index is 12.3. The molecule has 0 saturated carbocycles. The summed E-state index contributed by atoms with van der Waals surface area (Å²) in [4.78, 5) is 12.3. The number of amides is 1. The number of anilines is 2. The third-order valence-electron chi connectivity index (χ3n) is 3.44. The molecule has 0 spiro atoms. The Labute approximate surface area is 150 Å². The zero-order chi connectivity index (χ0) is 17.9. The van der Waals surface area contributed by atoms with Crippen LogP contribution < -0.4 is 10.0 Å². The molecule has 5 nitrogen and oxygen atoms in total. The van der Waals surface area contributed by atoms with Crippen LogP contribution in [0.25, 0.3) is 0 Å². The standard InChI is InChI=1S/C18H16N2O3S2/c1-13-4-2-5-16(12-13)19-18(21)14-7-9-15(10-8-14)20-25(22,23)17-6-3-11-24-17/h2-12,20H,1H3,(H,19,21). The molecule has 0 atom stereocenters. The van der Waals surface area contributed by atoms with E-state index in [4.69, 9.17) is 0 Å². The Morgan fingerprint density at radius 2 is 1.72 bits per heavy atom. The number of hydrogen-bond acceptors (Lipinski definition) is 4. The summed E-state index contributed by atoms with van der Waals surface area (Å²) in [7, 11) is -3.59. The Morgan fingerprint density at radius 1 is 0.960 bits per heavy atom. The second-order valence-electron chi connectivity index (χ2n) is 5.44. The van der Waals surface area contributed by atoms with Gasteiger partial charge in [0.15, 0.2) is 0 Å². The topological polar surface area (TPSA) is 75.3 Å². The van der Waals surface area contributed by atoms with Crippen molar-refractivity contribution in [2.45, 2.75) is 11.1 Å². The van der Waals surface area contributed by atoms with Gasteiger partial charge in [0.1, 0.15) is 4.21 Å². The van der Waals surface area contributed by atoms with Crippen LogP contribution in [0.1, 0.15) is 15.9 Å². The largest absolute Gasteiger partial charge is 0.322 e. The van der Waals surface area contributed by atoms with Crippen molar-refractivity contribution < 1.29 is 13.2 Å². The minimum Gasteiger partial charge on any atom is -0.322 e. The number of carbonyl (C=O) groups excluding carboxylic acids is 1.